The third-order valence-corrected chi connectivity index (χ3v) is 12.6. The Hall–Kier alpha value is -4.92. The molecule has 54 heavy (non-hydrogen) atoms. The number of thioether (sulfide) groups is 2. The number of nitrogens with zero attached hydrogens (tertiary/aromatic N) is 4. The number of rotatable bonds is 12. The molecule has 16 nitrogen and oxygen atoms in total. The second-order valence-corrected chi connectivity index (χ2v) is 16.2. The van der Waals surface area contributed by atoms with Gasteiger partial charge in [-0.25, -0.2) is 29.1 Å². The number of carbonyl (C=O) groups excluding carboxylic acids is 4. The summed E-state index contributed by atoms with van der Waals surface area (Å²) in [5, 5.41) is 28.9. The van der Waals surface area contributed by atoms with E-state index in [-0.39, 0.29) is 50.7 Å². The van der Waals surface area contributed by atoms with Crippen molar-refractivity contribution in [3.63, 3.8) is 0 Å². The monoisotopic (exact) mass is 812 g/mol. The van der Waals surface area contributed by atoms with E-state index in [4.69, 9.17) is 10.2 Å². The lowest BCUT2D eigenvalue weighted by Crippen LogP contribution is -2.23. The smallest absolute Gasteiger partial charge is 0.356 e. The fourth-order valence-corrected chi connectivity index (χ4v) is 9.07. The number of carbonyl (C=O) groups is 6. The minimum absolute atomic E-state index is 0.00666. The Labute approximate surface area is 325 Å². The highest BCUT2D eigenvalue weighted by molar-refractivity contribution is 8.00. The Morgan fingerprint density at radius 3 is 1.69 bits per heavy atom. The first-order valence-corrected chi connectivity index (χ1v) is 20.8. The van der Waals surface area contributed by atoms with E-state index in [1.54, 1.807) is 36.8 Å². The van der Waals surface area contributed by atoms with Crippen molar-refractivity contribution < 1.29 is 39.0 Å². The van der Waals surface area contributed by atoms with Gasteiger partial charge in [0.25, 0.3) is 0 Å². The van der Waals surface area contributed by atoms with Crippen molar-refractivity contribution in [2.45, 2.75) is 59.8 Å². The lowest BCUT2D eigenvalue weighted by molar-refractivity contribution is 0.0677. The van der Waals surface area contributed by atoms with Gasteiger partial charge in [-0.05, 0) is 62.5 Å². The number of anilines is 4. The maximum absolute atomic E-state index is 12.7. The van der Waals surface area contributed by atoms with Crippen molar-refractivity contribution in [2.24, 2.45) is 11.8 Å². The molecule has 4 aromatic heterocycles. The van der Waals surface area contributed by atoms with Crippen LogP contribution in [0.3, 0.4) is 0 Å². The van der Waals surface area contributed by atoms with E-state index in [1.165, 1.54) is 35.9 Å². The minimum atomic E-state index is -1.15. The van der Waals surface area contributed by atoms with Gasteiger partial charge in [-0.3, -0.25) is 30.2 Å². The first kappa shape index (κ1) is 40.3. The van der Waals surface area contributed by atoms with Crippen molar-refractivity contribution in [2.75, 3.05) is 33.8 Å². The number of carboxylic acid groups (broad SMARTS) is 2. The molecule has 0 bridgehead atoms. The molecule has 0 atom stereocenters. The zero-order valence-electron chi connectivity index (χ0n) is 29.0. The summed E-state index contributed by atoms with van der Waals surface area (Å²) in [5.41, 5.74) is 1.16. The number of carboxylic acids is 2. The van der Waals surface area contributed by atoms with Crippen LogP contribution in [0.15, 0.2) is 45.1 Å². The molecule has 4 heterocycles. The Bertz CT molecular complexity index is 2040. The van der Waals surface area contributed by atoms with Gasteiger partial charge < -0.3 is 20.8 Å². The van der Waals surface area contributed by atoms with Crippen LogP contribution in [0.25, 0.3) is 0 Å². The number of nitrogens with one attached hydrogen (secondary N) is 4. The highest BCUT2D eigenvalue weighted by atomic mass is 32.2. The summed E-state index contributed by atoms with van der Waals surface area (Å²) in [6.07, 6.45) is 14.1. The molecule has 0 aliphatic heterocycles. The van der Waals surface area contributed by atoms with Gasteiger partial charge in [0.05, 0.1) is 14.1 Å². The Morgan fingerprint density at radius 1 is 0.667 bits per heavy atom. The quantitative estimate of drug-likeness (QED) is 0.0588. The number of aromatic carboxylic acids is 2. The number of aromatic nitrogens is 4. The van der Waals surface area contributed by atoms with Crippen LogP contribution in [-0.2, 0) is 0 Å². The molecule has 2 aliphatic carbocycles. The number of pyridine rings is 2. The van der Waals surface area contributed by atoms with E-state index in [0.29, 0.717) is 25.5 Å². The summed E-state index contributed by atoms with van der Waals surface area (Å²) >= 11 is 4.65. The molecule has 0 saturated heterocycles. The van der Waals surface area contributed by atoms with Crippen LogP contribution < -0.4 is 21.3 Å². The standard InChI is InChI=1S/2C17H18N4O4S2/c1-26-15-12(14(23)24)20-17(27-15)21-16(25)19-10-7-4-8-18-11(10)13(22)9-5-2-3-6-9;1-26-15-12(14(23)24)20-17(27-15)21-16(25)19-10-6-7-18-11(8-10)13(22)9-4-2-3-5-9/h4,7-9H,2-3,5-6H2,1H3,(H,23,24)(H2,19,20,21,25);6-9H,2-5H2,1H3,(H,23,24)(H2,18,19,20,21,25). The van der Waals surface area contributed by atoms with Crippen molar-refractivity contribution in [1.29, 1.82) is 0 Å². The van der Waals surface area contributed by atoms with Gasteiger partial charge in [0, 0.05) is 29.9 Å². The van der Waals surface area contributed by atoms with E-state index in [0.717, 1.165) is 74.0 Å². The largest absolute Gasteiger partial charge is 0.476 e. The molecule has 2 fully saturated rings. The Balaban J connectivity index is 0.000000208. The summed E-state index contributed by atoms with van der Waals surface area (Å²) in [6, 6.07) is 5.22. The molecule has 0 spiro atoms. The van der Waals surface area contributed by atoms with Crippen LogP contribution >= 0.6 is 46.2 Å². The fourth-order valence-electron chi connectivity index (χ4n) is 5.90. The van der Waals surface area contributed by atoms with E-state index < -0.39 is 24.0 Å². The average molecular weight is 813 g/mol. The van der Waals surface area contributed by atoms with Gasteiger partial charge in [-0.1, -0.05) is 48.4 Å². The predicted octanol–water partition coefficient (Wildman–Crippen LogP) is 7.95. The molecule has 0 unspecified atom stereocenters. The minimum Gasteiger partial charge on any atom is -0.476 e. The van der Waals surface area contributed by atoms with Crippen LogP contribution in [-0.4, -0.2) is 78.2 Å². The van der Waals surface area contributed by atoms with E-state index in [2.05, 4.69) is 41.2 Å². The number of amides is 4. The number of thiazole rings is 2. The van der Waals surface area contributed by atoms with Crippen LogP contribution in [0.5, 0.6) is 0 Å². The molecule has 6 N–H and O–H groups in total. The lowest BCUT2D eigenvalue weighted by Gasteiger charge is -2.12. The SMILES string of the molecule is CSc1sc(NC(=O)Nc2cccnc2C(=O)C2CCCC2)nc1C(=O)O.CSc1sc(NC(=O)Nc2ccnc(C(=O)C3CCCC3)c2)nc1C(=O)O. The molecular weight excluding hydrogens is 777 g/mol. The molecular formula is C34H36N8O8S4. The van der Waals surface area contributed by atoms with Crippen LogP contribution in [0, 0.1) is 11.8 Å². The topological polar surface area (TPSA) is 243 Å². The molecule has 4 aromatic rings. The Morgan fingerprint density at radius 2 is 1.19 bits per heavy atom. The first-order chi connectivity index (χ1) is 26.0. The first-order valence-electron chi connectivity index (χ1n) is 16.7. The molecule has 2 saturated carbocycles. The predicted molar refractivity (Wildman–Crippen MR) is 208 cm³/mol. The van der Waals surface area contributed by atoms with Crippen molar-refractivity contribution in [3.05, 3.63) is 59.4 Å². The van der Waals surface area contributed by atoms with Crippen LogP contribution in [0.1, 0.15) is 93.3 Å². The highest BCUT2D eigenvalue weighted by Gasteiger charge is 2.28. The number of ketones is 2. The number of urea groups is 2. The molecule has 20 heteroatoms. The van der Waals surface area contributed by atoms with E-state index >= 15 is 0 Å². The van der Waals surface area contributed by atoms with Crippen LogP contribution in [0.2, 0.25) is 0 Å². The van der Waals surface area contributed by atoms with E-state index in [1.807, 2.05) is 0 Å². The van der Waals surface area contributed by atoms with Gasteiger partial charge in [0.2, 0.25) is 0 Å². The average Bonchev–Trinajstić information content (AvgIpc) is 3.99. The molecule has 284 valence electrons. The number of hydrogen-bond acceptors (Lipinski definition) is 14. The van der Waals surface area contributed by atoms with E-state index in [9.17, 15) is 28.8 Å². The van der Waals surface area contributed by atoms with Gasteiger partial charge >= 0.3 is 24.0 Å². The van der Waals surface area contributed by atoms with Crippen molar-refractivity contribution in [1.82, 2.24) is 19.9 Å². The maximum atomic E-state index is 12.7. The zero-order valence-corrected chi connectivity index (χ0v) is 32.3. The van der Waals surface area contributed by atoms with Gasteiger partial charge in [-0.15, -0.1) is 23.5 Å². The van der Waals surface area contributed by atoms with Crippen molar-refractivity contribution in [3.8, 4) is 0 Å². The summed E-state index contributed by atoms with van der Waals surface area (Å²) in [6.45, 7) is 0. The molecule has 2 aliphatic rings. The summed E-state index contributed by atoms with van der Waals surface area (Å²) in [7, 11) is 0. The molecule has 0 radical (unpaired) electrons. The number of Topliss-reactive ketones (excluding diaryl/α,β-unsaturated/α-hetero) is 2. The second-order valence-electron chi connectivity index (χ2n) is 12.0. The highest BCUT2D eigenvalue weighted by Crippen LogP contribution is 2.33. The lowest BCUT2D eigenvalue weighted by atomic mass is 9.99. The fraction of sp³-hybridized carbons (Fsp3) is 0.353. The third-order valence-electron chi connectivity index (χ3n) is 8.42. The van der Waals surface area contributed by atoms with Crippen LogP contribution in [0.4, 0.5) is 31.2 Å². The summed E-state index contributed by atoms with van der Waals surface area (Å²) in [4.78, 5) is 88.0. The second kappa shape index (κ2) is 18.9. The molecule has 0 aromatic carbocycles. The number of hydrogen-bond donors (Lipinski definition) is 6. The van der Waals surface area contributed by atoms with Gasteiger partial charge in [0.15, 0.2) is 33.2 Å². The molecule has 4 amide bonds. The summed E-state index contributed by atoms with van der Waals surface area (Å²) < 4.78 is 1.00. The third kappa shape index (κ3) is 10.4. The van der Waals surface area contributed by atoms with Gasteiger partial charge in [0.1, 0.15) is 11.4 Å². The maximum Gasteiger partial charge on any atom is 0.356 e. The normalized spacial score (nSPS) is 14.1. The zero-order chi connectivity index (χ0) is 38.8. The molecule has 6 rings (SSSR count). The van der Waals surface area contributed by atoms with Crippen molar-refractivity contribution >= 4 is 103 Å². The Kier molecular flexibility index (Phi) is 14.1. The summed E-state index contributed by atoms with van der Waals surface area (Å²) in [5.74, 6) is -2.39. The van der Waals surface area contributed by atoms with Gasteiger partial charge in [-0.2, -0.15) is 0 Å².